The summed E-state index contributed by atoms with van der Waals surface area (Å²) in [5.74, 6) is 0.769. The number of halogens is 1. The lowest BCUT2D eigenvalue weighted by atomic mass is 9.75. The first-order valence-corrected chi connectivity index (χ1v) is 8.04. The normalized spacial score (nSPS) is 18.4. The zero-order valence-corrected chi connectivity index (χ0v) is 12.6. The Hall–Kier alpha value is -1.06. The van der Waals surface area contributed by atoms with Crippen molar-refractivity contribution >= 4 is 17.2 Å². The van der Waals surface area contributed by atoms with Crippen LogP contribution in [0, 0.1) is 5.41 Å². The second kappa shape index (κ2) is 6.15. The molecule has 2 aromatic heterocycles. The highest BCUT2D eigenvalue weighted by atomic mass is 35.5. The van der Waals surface area contributed by atoms with E-state index in [0.717, 1.165) is 30.3 Å². The van der Waals surface area contributed by atoms with Gasteiger partial charge in [0.15, 0.2) is 0 Å². The van der Waals surface area contributed by atoms with Gasteiger partial charge in [-0.2, -0.15) is 0 Å². The maximum absolute atomic E-state index is 6.22. The lowest BCUT2D eigenvalue weighted by Gasteiger charge is -2.35. The van der Waals surface area contributed by atoms with Crippen molar-refractivity contribution in [1.29, 1.82) is 0 Å². The average molecular weight is 292 g/mol. The molecule has 4 heteroatoms. The van der Waals surface area contributed by atoms with E-state index in [1.165, 1.54) is 32.1 Å². The van der Waals surface area contributed by atoms with Crippen LogP contribution in [-0.4, -0.2) is 21.8 Å². The minimum absolute atomic E-state index is 0.305. The molecule has 3 nitrogen and oxygen atoms in total. The van der Waals surface area contributed by atoms with Gasteiger partial charge in [0.25, 0.3) is 0 Å². The summed E-state index contributed by atoms with van der Waals surface area (Å²) in [5, 5.41) is 3.56. The Bertz CT molecular complexity index is 525. The van der Waals surface area contributed by atoms with E-state index in [-0.39, 0.29) is 0 Å². The molecule has 1 aliphatic rings. The van der Waals surface area contributed by atoms with Crippen LogP contribution >= 0.6 is 11.6 Å². The van der Waals surface area contributed by atoms with Gasteiger partial charge in [0.2, 0.25) is 0 Å². The van der Waals surface area contributed by atoms with Crippen molar-refractivity contribution in [2.45, 2.75) is 38.6 Å². The van der Waals surface area contributed by atoms with Crippen LogP contribution in [0.1, 0.15) is 37.8 Å². The van der Waals surface area contributed by atoms with Crippen LogP contribution in [-0.2, 0) is 6.54 Å². The Morgan fingerprint density at radius 1 is 1.25 bits per heavy atom. The number of aromatic nitrogens is 2. The first-order valence-electron chi connectivity index (χ1n) is 7.51. The Morgan fingerprint density at radius 2 is 2.10 bits per heavy atom. The average Bonchev–Trinajstić information content (AvgIpc) is 2.91. The fourth-order valence-electron chi connectivity index (χ4n) is 3.19. The lowest BCUT2D eigenvalue weighted by molar-refractivity contribution is 0.212. The van der Waals surface area contributed by atoms with Crippen molar-refractivity contribution in [1.82, 2.24) is 14.7 Å². The number of pyridine rings is 1. The van der Waals surface area contributed by atoms with Crippen LogP contribution in [0.4, 0.5) is 0 Å². The summed E-state index contributed by atoms with van der Waals surface area (Å²) in [4.78, 5) is 4.61. The number of imidazole rings is 1. The maximum atomic E-state index is 6.22. The molecule has 0 atom stereocenters. The minimum Gasteiger partial charge on any atom is -0.311 e. The molecular weight excluding hydrogens is 270 g/mol. The monoisotopic (exact) mass is 291 g/mol. The molecule has 0 amide bonds. The molecule has 0 bridgehead atoms. The number of hydrogen-bond donors (Lipinski definition) is 1. The van der Waals surface area contributed by atoms with Crippen LogP contribution in [0.5, 0.6) is 0 Å². The molecule has 0 spiro atoms. The minimum atomic E-state index is 0.305. The van der Waals surface area contributed by atoms with Crippen LogP contribution < -0.4 is 5.32 Å². The molecule has 2 heterocycles. The van der Waals surface area contributed by atoms with Gasteiger partial charge >= 0.3 is 0 Å². The number of rotatable bonds is 5. The van der Waals surface area contributed by atoms with Gasteiger partial charge in [-0.1, -0.05) is 25.3 Å². The van der Waals surface area contributed by atoms with E-state index >= 15 is 0 Å². The third kappa shape index (κ3) is 2.99. The van der Waals surface area contributed by atoms with E-state index in [4.69, 9.17) is 11.6 Å². The predicted molar refractivity (Wildman–Crippen MR) is 83.1 cm³/mol. The lowest BCUT2D eigenvalue weighted by Crippen LogP contribution is -2.37. The van der Waals surface area contributed by atoms with Crippen LogP contribution in [0.2, 0.25) is 0 Å². The summed E-state index contributed by atoms with van der Waals surface area (Å²) >= 11 is 6.22. The van der Waals surface area contributed by atoms with Gasteiger partial charge in [0.1, 0.15) is 5.65 Å². The third-order valence-electron chi connectivity index (χ3n) is 4.42. The SMILES string of the molecule is ClCC1(CNCc2cn3ccccc3n2)CCCCC1. The first kappa shape index (κ1) is 13.9. The summed E-state index contributed by atoms with van der Waals surface area (Å²) < 4.78 is 2.06. The second-order valence-corrected chi connectivity index (χ2v) is 6.26. The van der Waals surface area contributed by atoms with E-state index in [1.54, 1.807) is 0 Å². The molecular formula is C16H22ClN3. The van der Waals surface area contributed by atoms with E-state index in [9.17, 15) is 0 Å². The molecule has 0 aliphatic heterocycles. The van der Waals surface area contributed by atoms with Gasteiger partial charge in [0.05, 0.1) is 5.69 Å². The summed E-state index contributed by atoms with van der Waals surface area (Å²) in [6, 6.07) is 6.07. The molecule has 2 aromatic rings. The Morgan fingerprint density at radius 3 is 2.85 bits per heavy atom. The Labute approximate surface area is 125 Å². The first-order chi connectivity index (χ1) is 9.81. The van der Waals surface area contributed by atoms with Crippen molar-refractivity contribution in [2.24, 2.45) is 5.41 Å². The molecule has 1 N–H and O–H groups in total. The highest BCUT2D eigenvalue weighted by molar-refractivity contribution is 6.18. The highest BCUT2D eigenvalue weighted by Crippen LogP contribution is 2.36. The van der Waals surface area contributed by atoms with Gasteiger partial charge in [-0.15, -0.1) is 11.6 Å². The van der Waals surface area contributed by atoms with E-state index < -0.39 is 0 Å². The quantitative estimate of drug-likeness (QED) is 0.853. The Kier molecular flexibility index (Phi) is 4.27. The van der Waals surface area contributed by atoms with Crippen molar-refractivity contribution in [3.05, 3.63) is 36.3 Å². The summed E-state index contributed by atoms with van der Waals surface area (Å²) in [7, 11) is 0. The zero-order valence-electron chi connectivity index (χ0n) is 11.8. The number of fused-ring (bicyclic) bond motifs is 1. The molecule has 1 fully saturated rings. The number of alkyl halides is 1. The summed E-state index contributed by atoms with van der Waals surface area (Å²) in [5.41, 5.74) is 2.41. The molecule has 0 radical (unpaired) electrons. The van der Waals surface area contributed by atoms with Gasteiger partial charge in [-0.25, -0.2) is 4.98 Å². The van der Waals surface area contributed by atoms with Crippen molar-refractivity contribution in [3.63, 3.8) is 0 Å². The van der Waals surface area contributed by atoms with E-state index in [1.807, 2.05) is 24.4 Å². The molecule has 1 aliphatic carbocycles. The van der Waals surface area contributed by atoms with E-state index in [0.29, 0.717) is 5.41 Å². The molecule has 3 rings (SSSR count). The van der Waals surface area contributed by atoms with Crippen molar-refractivity contribution in [2.75, 3.05) is 12.4 Å². The largest absolute Gasteiger partial charge is 0.311 e. The van der Waals surface area contributed by atoms with Crippen LogP contribution in [0.3, 0.4) is 0 Å². The van der Waals surface area contributed by atoms with Crippen molar-refractivity contribution in [3.8, 4) is 0 Å². The predicted octanol–water partition coefficient (Wildman–Crippen LogP) is 3.61. The Balaban J connectivity index is 1.58. The maximum Gasteiger partial charge on any atom is 0.137 e. The number of nitrogens with zero attached hydrogens (tertiary/aromatic N) is 2. The fourth-order valence-corrected chi connectivity index (χ4v) is 3.55. The van der Waals surface area contributed by atoms with Crippen LogP contribution in [0.25, 0.3) is 5.65 Å². The van der Waals surface area contributed by atoms with Gasteiger partial charge in [-0.3, -0.25) is 0 Å². The van der Waals surface area contributed by atoms with Gasteiger partial charge < -0.3 is 9.72 Å². The molecule has 0 aromatic carbocycles. The van der Waals surface area contributed by atoms with Crippen LogP contribution in [0.15, 0.2) is 30.6 Å². The summed E-state index contributed by atoms with van der Waals surface area (Å²) in [6.45, 7) is 1.82. The zero-order chi connectivity index (χ0) is 13.8. The fraction of sp³-hybridized carbons (Fsp3) is 0.562. The number of hydrogen-bond acceptors (Lipinski definition) is 2. The third-order valence-corrected chi connectivity index (χ3v) is 4.98. The smallest absolute Gasteiger partial charge is 0.137 e. The molecule has 20 heavy (non-hydrogen) atoms. The van der Waals surface area contributed by atoms with Gasteiger partial charge in [0, 0.05) is 31.4 Å². The highest BCUT2D eigenvalue weighted by Gasteiger charge is 2.30. The molecule has 0 unspecified atom stereocenters. The standard InChI is InChI=1S/C16H22ClN3/c17-12-16(7-3-1-4-8-16)13-18-10-14-11-20-9-5-2-6-15(20)19-14/h2,5-6,9,11,18H,1,3-4,7-8,10,12-13H2. The topological polar surface area (TPSA) is 29.3 Å². The van der Waals surface area contributed by atoms with E-state index in [2.05, 4.69) is 20.9 Å². The summed E-state index contributed by atoms with van der Waals surface area (Å²) in [6.07, 6.45) is 10.7. The molecule has 108 valence electrons. The van der Waals surface area contributed by atoms with Crippen molar-refractivity contribution < 1.29 is 0 Å². The molecule has 0 saturated heterocycles. The van der Waals surface area contributed by atoms with Gasteiger partial charge in [-0.05, 0) is 30.4 Å². The molecule has 1 saturated carbocycles. The second-order valence-electron chi connectivity index (χ2n) is 6.00. The number of nitrogens with one attached hydrogen (secondary N) is 1.